The smallest absolute Gasteiger partial charge is 0.307 e. The van der Waals surface area contributed by atoms with E-state index in [-0.39, 0.29) is 51.7 Å². The first kappa shape index (κ1) is 42.3. The molecule has 302 valence electrons. The molecule has 10 nitrogen and oxygen atoms in total. The van der Waals surface area contributed by atoms with E-state index in [2.05, 4.69) is 85.4 Å². The summed E-state index contributed by atoms with van der Waals surface area (Å²) in [6.45, 7) is 26.8. The molecule has 53 heavy (non-hydrogen) atoms. The zero-order valence-electron chi connectivity index (χ0n) is 34.9. The lowest BCUT2D eigenvalue weighted by atomic mass is 9.35. The number of allylic oxidation sites excluding steroid dienone is 1. The molecule has 0 radical (unpaired) electrons. The molecule has 1 aromatic heterocycles. The van der Waals surface area contributed by atoms with Gasteiger partial charge >= 0.3 is 5.97 Å². The molecule has 4 aliphatic rings. The quantitative estimate of drug-likeness (QED) is 0.180. The first-order valence-electron chi connectivity index (χ1n) is 20.7. The Morgan fingerprint density at radius 1 is 1.11 bits per heavy atom. The molecule has 0 amide bonds. The van der Waals surface area contributed by atoms with Crippen LogP contribution >= 0.6 is 0 Å². The highest BCUT2D eigenvalue weighted by Gasteiger charge is 2.69. The van der Waals surface area contributed by atoms with Gasteiger partial charge in [0.15, 0.2) is 0 Å². The molecule has 2 saturated carbocycles. The van der Waals surface area contributed by atoms with Gasteiger partial charge < -0.3 is 20.3 Å². The summed E-state index contributed by atoms with van der Waals surface area (Å²) in [4.78, 5) is 17.9. The van der Waals surface area contributed by atoms with Crippen LogP contribution in [0.1, 0.15) is 140 Å². The van der Waals surface area contributed by atoms with Gasteiger partial charge in [-0.05, 0) is 111 Å². The van der Waals surface area contributed by atoms with E-state index in [1.807, 2.05) is 6.92 Å². The van der Waals surface area contributed by atoms with Crippen molar-refractivity contribution in [3.63, 3.8) is 0 Å². The molecule has 2 heterocycles. The summed E-state index contributed by atoms with van der Waals surface area (Å²) in [5.41, 5.74) is 6.11. The third-order valence-corrected chi connectivity index (χ3v) is 18.0. The third kappa shape index (κ3) is 6.77. The lowest BCUT2D eigenvalue weighted by Gasteiger charge is -2.69. The monoisotopic (exact) mass is 761 g/mol. The lowest BCUT2D eigenvalue weighted by Crippen LogP contribution is -2.65. The van der Waals surface area contributed by atoms with Crippen LogP contribution in [-0.2, 0) is 24.1 Å². The van der Waals surface area contributed by atoms with Crippen LogP contribution in [0, 0.1) is 57.2 Å². The molecule has 0 aromatic carbocycles. The zero-order chi connectivity index (χ0) is 39.5. The highest BCUT2D eigenvalue weighted by Crippen LogP contribution is 2.73. The summed E-state index contributed by atoms with van der Waals surface area (Å²) < 4.78 is 42.2. The largest absolute Gasteiger partial charge is 0.481 e. The van der Waals surface area contributed by atoms with Crippen molar-refractivity contribution in [2.45, 2.75) is 163 Å². The van der Waals surface area contributed by atoms with Gasteiger partial charge in [0.2, 0.25) is 15.0 Å². The predicted octanol–water partition coefficient (Wildman–Crippen LogP) is 8.13. The van der Waals surface area contributed by atoms with E-state index >= 15 is 0 Å². The molecule has 0 spiro atoms. The van der Waals surface area contributed by atoms with Gasteiger partial charge in [-0.15, -0.1) is 0 Å². The van der Waals surface area contributed by atoms with Gasteiger partial charge in [0.05, 0.1) is 36.5 Å². The van der Waals surface area contributed by atoms with E-state index in [9.17, 15) is 18.3 Å². The molecule has 5 rings (SSSR count). The number of sulfone groups is 1. The van der Waals surface area contributed by atoms with Gasteiger partial charge in [-0.1, -0.05) is 80.9 Å². The zero-order valence-corrected chi connectivity index (χ0v) is 35.8. The van der Waals surface area contributed by atoms with Gasteiger partial charge in [-0.3, -0.25) is 4.79 Å². The molecule has 12 atom stereocenters. The number of carboxylic acids is 1. The van der Waals surface area contributed by atoms with E-state index in [1.165, 1.54) is 11.9 Å². The van der Waals surface area contributed by atoms with Gasteiger partial charge in [0.25, 0.3) is 0 Å². The van der Waals surface area contributed by atoms with Crippen molar-refractivity contribution in [1.29, 1.82) is 0 Å². The van der Waals surface area contributed by atoms with E-state index < -0.39 is 44.1 Å². The number of aliphatic carboxylic acids is 1. The number of carbonyl (C=O) groups is 1. The molecule has 1 aliphatic heterocycles. The van der Waals surface area contributed by atoms with Crippen molar-refractivity contribution in [2.75, 3.05) is 19.0 Å². The van der Waals surface area contributed by atoms with Crippen LogP contribution in [0.4, 0.5) is 0 Å². The molecule has 3 fully saturated rings. The Bertz CT molecular complexity index is 1620. The summed E-state index contributed by atoms with van der Waals surface area (Å²) in [7, 11) is -3.70. The van der Waals surface area contributed by atoms with Crippen molar-refractivity contribution < 1.29 is 27.8 Å². The normalized spacial score (nSPS) is 37.5. The number of fused-ring (bicyclic) bond motifs is 5. The SMILES string of the molecule is CC[C@@H](OC[C@](C)(N)C(C)C)[C@@H](C[C@]12C3=CC[C@@]4(C)[C@H](C(=O)O)[C@@](C)([C@H](C)C(C)C)CC[C@]4(C)[C@H]3CC[C@H]1CCO[C@H]2C)n1ncnc1S(=O)(=O)CC. The molecule has 3 N–H and O–H groups in total. The number of aromatic nitrogens is 3. The second-order valence-electron chi connectivity index (χ2n) is 19.3. The minimum Gasteiger partial charge on any atom is -0.481 e. The predicted molar refractivity (Wildman–Crippen MR) is 209 cm³/mol. The molecule has 0 bridgehead atoms. The Morgan fingerprint density at radius 2 is 1.79 bits per heavy atom. The van der Waals surface area contributed by atoms with Crippen molar-refractivity contribution in [3.05, 3.63) is 18.0 Å². The Balaban J connectivity index is 1.68. The van der Waals surface area contributed by atoms with Crippen molar-refractivity contribution in [2.24, 2.45) is 62.9 Å². The minimum absolute atomic E-state index is 0.0246. The van der Waals surface area contributed by atoms with Crippen LogP contribution in [0.5, 0.6) is 0 Å². The standard InChI is InChI=1S/C42H72N4O6S/c1-13-34(52-24-41(12,43)27(5)6)33(46-37(44-25-45-46)53(49,50)14-2)23-42-29(8)51-22-18-30(42)15-16-31-32(42)17-19-40(11)35(36(47)48)38(9,28(7)26(3)4)20-21-39(31,40)10/h17,25-31,33-35H,13-16,18-24,43H2,1-12H3,(H,47,48)/t28-,29+,30+,31+,33-,34-,35-,38-,39-,40+,41+,42-/m1/s1. The number of nitrogens with two attached hydrogens (primary N) is 1. The molecule has 0 unspecified atom stereocenters. The molecular weight excluding hydrogens is 689 g/mol. The highest BCUT2D eigenvalue weighted by atomic mass is 32.2. The van der Waals surface area contributed by atoms with Crippen LogP contribution < -0.4 is 5.73 Å². The average molecular weight is 761 g/mol. The maximum Gasteiger partial charge on any atom is 0.307 e. The van der Waals surface area contributed by atoms with Crippen LogP contribution in [0.25, 0.3) is 0 Å². The Morgan fingerprint density at radius 3 is 2.38 bits per heavy atom. The second-order valence-corrected chi connectivity index (χ2v) is 21.4. The van der Waals surface area contributed by atoms with Gasteiger partial charge in [-0.25, -0.2) is 18.1 Å². The summed E-state index contributed by atoms with van der Waals surface area (Å²) >= 11 is 0. The maximum absolute atomic E-state index is 13.6. The summed E-state index contributed by atoms with van der Waals surface area (Å²) in [5, 5.41) is 15.8. The molecular formula is C42H72N4O6S. The van der Waals surface area contributed by atoms with Crippen molar-refractivity contribution in [1.82, 2.24) is 14.8 Å². The second kappa shape index (κ2) is 14.9. The fourth-order valence-corrected chi connectivity index (χ4v) is 12.8. The van der Waals surface area contributed by atoms with E-state index in [1.54, 1.807) is 11.6 Å². The highest BCUT2D eigenvalue weighted by molar-refractivity contribution is 7.91. The first-order chi connectivity index (χ1) is 24.6. The lowest BCUT2D eigenvalue weighted by molar-refractivity contribution is -0.201. The summed E-state index contributed by atoms with van der Waals surface area (Å²) in [6.07, 6.45) is 9.94. The van der Waals surface area contributed by atoms with Gasteiger partial charge in [-0.2, -0.15) is 5.10 Å². The van der Waals surface area contributed by atoms with Gasteiger partial charge in [0, 0.05) is 17.6 Å². The number of hydrogen-bond acceptors (Lipinski definition) is 8. The van der Waals surface area contributed by atoms with Crippen LogP contribution in [0.3, 0.4) is 0 Å². The number of ether oxygens (including phenoxy) is 2. The van der Waals surface area contributed by atoms with Crippen molar-refractivity contribution >= 4 is 15.8 Å². The summed E-state index contributed by atoms with van der Waals surface area (Å²) in [5.74, 6) is 0.0719. The molecule has 1 saturated heterocycles. The van der Waals surface area contributed by atoms with E-state index in [4.69, 9.17) is 15.2 Å². The topological polar surface area (TPSA) is 147 Å². The van der Waals surface area contributed by atoms with Crippen LogP contribution in [-0.4, -0.2) is 71.0 Å². The molecule has 11 heteroatoms. The van der Waals surface area contributed by atoms with E-state index in [0.717, 1.165) is 32.1 Å². The van der Waals surface area contributed by atoms with Crippen molar-refractivity contribution in [3.8, 4) is 0 Å². The first-order valence-corrected chi connectivity index (χ1v) is 22.3. The third-order valence-electron chi connectivity index (χ3n) is 16.4. The number of carboxylic acid groups (broad SMARTS) is 1. The number of rotatable bonds is 14. The average Bonchev–Trinajstić information content (AvgIpc) is 3.59. The Kier molecular flexibility index (Phi) is 11.9. The summed E-state index contributed by atoms with van der Waals surface area (Å²) in [6, 6.07) is -0.456. The fraction of sp³-hybridized carbons (Fsp3) is 0.881. The number of hydrogen-bond donors (Lipinski definition) is 2. The Hall–Kier alpha value is -1.82. The van der Waals surface area contributed by atoms with E-state index in [0.29, 0.717) is 44.3 Å². The number of nitrogens with zero attached hydrogens (tertiary/aromatic N) is 3. The molecule has 1 aromatic rings. The minimum atomic E-state index is -3.70. The maximum atomic E-state index is 13.6. The fourth-order valence-electron chi connectivity index (χ4n) is 11.9. The van der Waals surface area contributed by atoms with Crippen LogP contribution in [0.15, 0.2) is 23.1 Å². The van der Waals surface area contributed by atoms with Crippen LogP contribution in [0.2, 0.25) is 0 Å². The molecule has 3 aliphatic carbocycles. The Labute approximate surface area is 320 Å². The van der Waals surface area contributed by atoms with Gasteiger partial charge in [0.1, 0.15) is 6.33 Å².